The minimum atomic E-state index is -0.958. The Morgan fingerprint density at radius 3 is 2.75 bits per heavy atom. The highest BCUT2D eigenvalue weighted by Crippen LogP contribution is 2.25. The smallest absolute Gasteiger partial charge is 0.336 e. The van der Waals surface area contributed by atoms with Crippen molar-refractivity contribution in [1.82, 2.24) is 14.8 Å². The lowest BCUT2D eigenvalue weighted by atomic mass is 10.0. The van der Waals surface area contributed by atoms with Gasteiger partial charge in [-0.1, -0.05) is 0 Å². The predicted octanol–water partition coefficient (Wildman–Crippen LogP) is 1.49. The molecular formula is C11H11N3O2. The predicted molar refractivity (Wildman–Crippen MR) is 58.1 cm³/mol. The van der Waals surface area contributed by atoms with Gasteiger partial charge in [-0.05, 0) is 13.0 Å². The Labute approximate surface area is 92.4 Å². The van der Waals surface area contributed by atoms with Gasteiger partial charge in [0.15, 0.2) is 0 Å². The first-order valence-corrected chi connectivity index (χ1v) is 4.77. The first kappa shape index (κ1) is 10.4. The molecule has 82 valence electrons. The number of carboxylic acids is 1. The van der Waals surface area contributed by atoms with E-state index in [-0.39, 0.29) is 5.56 Å². The number of carboxylic acid groups (broad SMARTS) is 1. The maximum absolute atomic E-state index is 11.1. The molecule has 1 N–H and O–H groups in total. The van der Waals surface area contributed by atoms with Crippen LogP contribution in [0.5, 0.6) is 0 Å². The fourth-order valence-electron chi connectivity index (χ4n) is 1.66. The second-order valence-corrected chi connectivity index (χ2v) is 3.53. The maximum atomic E-state index is 11.1. The van der Waals surface area contributed by atoms with Crippen molar-refractivity contribution in [1.29, 1.82) is 0 Å². The fourth-order valence-corrected chi connectivity index (χ4v) is 1.66. The third kappa shape index (κ3) is 1.67. The average Bonchev–Trinajstić information content (AvgIpc) is 2.57. The maximum Gasteiger partial charge on any atom is 0.336 e. The highest BCUT2D eigenvalue weighted by Gasteiger charge is 2.14. The third-order valence-corrected chi connectivity index (χ3v) is 2.36. The van der Waals surface area contributed by atoms with E-state index in [4.69, 9.17) is 5.11 Å². The largest absolute Gasteiger partial charge is 0.478 e. The minimum Gasteiger partial charge on any atom is -0.478 e. The van der Waals surface area contributed by atoms with Gasteiger partial charge in [-0.25, -0.2) is 4.79 Å². The van der Waals surface area contributed by atoms with Crippen molar-refractivity contribution in [2.24, 2.45) is 7.05 Å². The summed E-state index contributed by atoms with van der Waals surface area (Å²) in [7, 11) is 1.80. The summed E-state index contributed by atoms with van der Waals surface area (Å²) in [5.74, 6) is -0.958. The zero-order valence-electron chi connectivity index (χ0n) is 9.01. The van der Waals surface area contributed by atoms with Crippen LogP contribution in [0.25, 0.3) is 11.1 Å². The number of hydrogen-bond donors (Lipinski definition) is 1. The molecule has 5 heteroatoms. The monoisotopic (exact) mass is 217 g/mol. The fraction of sp³-hybridized carbons (Fsp3) is 0.182. The van der Waals surface area contributed by atoms with E-state index < -0.39 is 5.97 Å². The molecule has 0 aliphatic rings. The Hall–Kier alpha value is -2.17. The number of aromatic carboxylic acids is 1. The van der Waals surface area contributed by atoms with E-state index in [1.807, 2.05) is 6.92 Å². The van der Waals surface area contributed by atoms with Gasteiger partial charge in [0, 0.05) is 36.8 Å². The molecule has 0 radical (unpaired) electrons. The van der Waals surface area contributed by atoms with Gasteiger partial charge in [-0.3, -0.25) is 9.67 Å². The normalized spacial score (nSPS) is 10.4. The molecule has 0 spiro atoms. The van der Waals surface area contributed by atoms with E-state index in [2.05, 4.69) is 10.1 Å². The van der Waals surface area contributed by atoms with E-state index in [0.717, 1.165) is 11.3 Å². The highest BCUT2D eigenvalue weighted by atomic mass is 16.4. The number of aromatic nitrogens is 3. The Kier molecular flexibility index (Phi) is 2.44. The molecule has 16 heavy (non-hydrogen) atoms. The van der Waals surface area contributed by atoms with Crippen LogP contribution >= 0.6 is 0 Å². The second-order valence-electron chi connectivity index (χ2n) is 3.53. The Morgan fingerprint density at radius 2 is 2.19 bits per heavy atom. The zero-order chi connectivity index (χ0) is 11.7. The molecule has 0 aromatic carbocycles. The Morgan fingerprint density at radius 1 is 1.44 bits per heavy atom. The summed E-state index contributed by atoms with van der Waals surface area (Å²) in [5, 5.41) is 13.3. The number of aryl methyl sites for hydroxylation is 2. The molecule has 0 bridgehead atoms. The summed E-state index contributed by atoms with van der Waals surface area (Å²) in [6.07, 6.45) is 4.81. The molecule has 2 rings (SSSR count). The van der Waals surface area contributed by atoms with Crippen LogP contribution in [0.4, 0.5) is 0 Å². The quantitative estimate of drug-likeness (QED) is 0.827. The van der Waals surface area contributed by atoms with E-state index in [0.29, 0.717) is 5.56 Å². The highest BCUT2D eigenvalue weighted by molar-refractivity contribution is 5.95. The SMILES string of the molecule is Cc1nn(C)cc1-c1cnccc1C(=O)O. The molecule has 2 heterocycles. The number of carbonyl (C=O) groups is 1. The molecule has 5 nitrogen and oxygen atoms in total. The van der Waals surface area contributed by atoms with Gasteiger partial charge >= 0.3 is 5.97 Å². The van der Waals surface area contributed by atoms with Crippen molar-refractivity contribution in [2.75, 3.05) is 0 Å². The van der Waals surface area contributed by atoms with Crippen LogP contribution in [0.1, 0.15) is 16.1 Å². The number of hydrogen-bond acceptors (Lipinski definition) is 3. The first-order valence-electron chi connectivity index (χ1n) is 4.77. The second kappa shape index (κ2) is 3.77. The van der Waals surface area contributed by atoms with Crippen molar-refractivity contribution in [3.8, 4) is 11.1 Å². The summed E-state index contributed by atoms with van der Waals surface area (Å²) in [5.41, 5.74) is 2.43. The standard InChI is InChI=1S/C11H11N3O2/c1-7-10(6-14(2)13-7)9-5-12-4-3-8(9)11(15)16/h3-6H,1-2H3,(H,15,16). The summed E-state index contributed by atoms with van der Waals surface area (Å²) >= 11 is 0. The molecule has 0 fully saturated rings. The molecule has 0 saturated heterocycles. The van der Waals surface area contributed by atoms with Crippen LogP contribution in [0.2, 0.25) is 0 Å². The van der Waals surface area contributed by atoms with Crippen LogP contribution in [-0.2, 0) is 7.05 Å². The van der Waals surface area contributed by atoms with E-state index >= 15 is 0 Å². The minimum absolute atomic E-state index is 0.242. The summed E-state index contributed by atoms with van der Waals surface area (Å²) in [6.45, 7) is 1.84. The van der Waals surface area contributed by atoms with Crippen molar-refractivity contribution in [3.63, 3.8) is 0 Å². The molecule has 0 amide bonds. The van der Waals surface area contributed by atoms with Crippen LogP contribution < -0.4 is 0 Å². The van der Waals surface area contributed by atoms with Crippen molar-refractivity contribution >= 4 is 5.97 Å². The van der Waals surface area contributed by atoms with Gasteiger partial charge in [-0.15, -0.1) is 0 Å². The van der Waals surface area contributed by atoms with Gasteiger partial charge in [-0.2, -0.15) is 5.10 Å². The van der Waals surface area contributed by atoms with Gasteiger partial charge in [0.25, 0.3) is 0 Å². The van der Waals surface area contributed by atoms with Crippen molar-refractivity contribution < 1.29 is 9.90 Å². The molecule has 0 unspecified atom stereocenters. The van der Waals surface area contributed by atoms with E-state index in [1.54, 1.807) is 24.1 Å². The van der Waals surface area contributed by atoms with E-state index in [9.17, 15) is 4.79 Å². The number of rotatable bonds is 2. The molecule has 0 aliphatic carbocycles. The van der Waals surface area contributed by atoms with E-state index in [1.165, 1.54) is 12.3 Å². The van der Waals surface area contributed by atoms with Gasteiger partial charge in [0.2, 0.25) is 0 Å². The number of pyridine rings is 1. The van der Waals surface area contributed by atoms with Crippen molar-refractivity contribution in [3.05, 3.63) is 35.9 Å². The van der Waals surface area contributed by atoms with Crippen LogP contribution in [0.15, 0.2) is 24.7 Å². The summed E-state index contributed by atoms with van der Waals surface area (Å²) in [4.78, 5) is 15.0. The molecule has 0 atom stereocenters. The molecule has 2 aromatic heterocycles. The zero-order valence-corrected chi connectivity index (χ0v) is 9.01. The summed E-state index contributed by atoms with van der Waals surface area (Å²) < 4.78 is 1.66. The first-order chi connectivity index (χ1) is 7.59. The van der Waals surface area contributed by atoms with Crippen LogP contribution in [0, 0.1) is 6.92 Å². The van der Waals surface area contributed by atoms with Crippen LogP contribution in [0.3, 0.4) is 0 Å². The lowest BCUT2D eigenvalue weighted by molar-refractivity contribution is 0.0697. The Bertz CT molecular complexity index is 546. The molecular weight excluding hydrogens is 206 g/mol. The average molecular weight is 217 g/mol. The lowest BCUT2D eigenvalue weighted by Crippen LogP contribution is -2.00. The summed E-state index contributed by atoms with van der Waals surface area (Å²) in [6, 6.07) is 1.49. The third-order valence-electron chi connectivity index (χ3n) is 2.36. The lowest BCUT2D eigenvalue weighted by Gasteiger charge is -2.02. The van der Waals surface area contributed by atoms with Crippen molar-refractivity contribution in [2.45, 2.75) is 6.92 Å². The topological polar surface area (TPSA) is 68.0 Å². The van der Waals surface area contributed by atoms with Crippen LogP contribution in [-0.4, -0.2) is 25.8 Å². The van der Waals surface area contributed by atoms with Gasteiger partial charge < -0.3 is 5.11 Å². The van der Waals surface area contributed by atoms with Gasteiger partial charge in [0.05, 0.1) is 11.3 Å². The molecule has 0 aliphatic heterocycles. The Balaban J connectivity index is 2.64. The molecule has 2 aromatic rings. The number of nitrogens with zero attached hydrogens (tertiary/aromatic N) is 3. The van der Waals surface area contributed by atoms with Gasteiger partial charge in [0.1, 0.15) is 0 Å². The molecule has 0 saturated carbocycles.